The fraction of sp³-hybridized carbons (Fsp3) is 0.556. The van der Waals surface area contributed by atoms with Crippen molar-refractivity contribution in [2.24, 2.45) is 7.05 Å². The average Bonchev–Trinajstić information content (AvgIpc) is 3.15. The molecule has 0 aliphatic carbocycles. The number of ether oxygens (including phenoxy) is 2. The summed E-state index contributed by atoms with van der Waals surface area (Å²) in [7, 11) is 1.87. The molecule has 35 heavy (non-hydrogen) atoms. The summed E-state index contributed by atoms with van der Waals surface area (Å²) in [6.45, 7) is 2.02. The second-order valence-electron chi connectivity index (χ2n) is 9.36. The first-order chi connectivity index (χ1) is 17.1. The van der Waals surface area contributed by atoms with Crippen LogP contribution in [0.25, 0.3) is 5.69 Å². The van der Waals surface area contributed by atoms with E-state index in [2.05, 4.69) is 0 Å². The zero-order valence-electron chi connectivity index (χ0n) is 20.6. The normalized spacial score (nSPS) is 21.1. The Balaban J connectivity index is 1.61. The van der Waals surface area contributed by atoms with Crippen LogP contribution in [0.2, 0.25) is 0 Å². The molecule has 2 aliphatic rings. The number of allylic oxidation sites excluding steroid dienone is 1. The molecule has 1 N–H and O–H groups in total. The quantitative estimate of drug-likeness (QED) is 0.581. The molecule has 1 fully saturated rings. The minimum Gasteiger partial charge on any atom is -0.459 e. The molecular formula is C27H37N3O5. The third kappa shape index (κ3) is 6.24. The number of para-hydroxylation sites is 1. The van der Waals surface area contributed by atoms with E-state index < -0.39 is 6.29 Å². The Kier molecular flexibility index (Phi) is 8.82. The lowest BCUT2D eigenvalue weighted by Gasteiger charge is -2.32. The minimum atomic E-state index is -0.590. The summed E-state index contributed by atoms with van der Waals surface area (Å²) in [4.78, 5) is 28.3. The van der Waals surface area contributed by atoms with Gasteiger partial charge in [-0.15, -0.1) is 0 Å². The topological polar surface area (TPSA) is 85.9 Å². The van der Waals surface area contributed by atoms with Crippen LogP contribution in [-0.4, -0.2) is 57.9 Å². The molecule has 0 spiro atoms. The van der Waals surface area contributed by atoms with E-state index in [9.17, 15) is 9.59 Å². The molecule has 4 rings (SSSR count). The van der Waals surface area contributed by atoms with Crippen LogP contribution in [0.15, 0.2) is 53.0 Å². The van der Waals surface area contributed by atoms with Crippen molar-refractivity contribution < 1.29 is 19.4 Å². The zero-order valence-corrected chi connectivity index (χ0v) is 20.6. The van der Waals surface area contributed by atoms with Crippen molar-refractivity contribution in [2.45, 2.75) is 63.6 Å². The highest BCUT2D eigenvalue weighted by Gasteiger charge is 2.32. The van der Waals surface area contributed by atoms with Gasteiger partial charge in [-0.1, -0.05) is 37.5 Å². The molecule has 1 aromatic heterocycles. The molecule has 0 saturated carbocycles. The summed E-state index contributed by atoms with van der Waals surface area (Å²) < 4.78 is 15.5. The van der Waals surface area contributed by atoms with Gasteiger partial charge in [-0.05, 0) is 43.9 Å². The molecule has 0 unspecified atom stereocenters. The van der Waals surface area contributed by atoms with E-state index in [0.29, 0.717) is 31.6 Å². The fourth-order valence-electron chi connectivity index (χ4n) is 4.91. The van der Waals surface area contributed by atoms with Gasteiger partial charge in [-0.3, -0.25) is 14.3 Å². The number of hydrogen-bond acceptors (Lipinski definition) is 5. The molecule has 2 aliphatic heterocycles. The number of rotatable bonds is 8. The highest BCUT2D eigenvalue weighted by Crippen LogP contribution is 2.32. The number of aliphatic hydroxyl groups is 1. The van der Waals surface area contributed by atoms with Gasteiger partial charge in [0.1, 0.15) is 0 Å². The highest BCUT2D eigenvalue weighted by molar-refractivity contribution is 5.91. The van der Waals surface area contributed by atoms with Gasteiger partial charge in [0.25, 0.3) is 11.5 Å². The number of unbranched alkanes of at least 4 members (excludes halogenated alkanes) is 1. The second kappa shape index (κ2) is 12.2. The number of amides is 1. The van der Waals surface area contributed by atoms with Crippen LogP contribution in [0, 0.1) is 0 Å². The number of benzene rings is 1. The number of nitrogens with zero attached hydrogens (tertiary/aromatic N) is 3. The summed E-state index contributed by atoms with van der Waals surface area (Å²) >= 11 is 0. The van der Waals surface area contributed by atoms with E-state index in [4.69, 9.17) is 14.6 Å². The van der Waals surface area contributed by atoms with E-state index in [0.717, 1.165) is 50.2 Å². The van der Waals surface area contributed by atoms with Gasteiger partial charge >= 0.3 is 0 Å². The predicted molar refractivity (Wildman–Crippen MR) is 133 cm³/mol. The Hall–Kier alpha value is -2.84. The molecule has 2 aromatic rings. The summed E-state index contributed by atoms with van der Waals surface area (Å²) in [5.74, 6) is -0.00935. The first kappa shape index (κ1) is 25.3. The van der Waals surface area contributed by atoms with Crippen LogP contribution in [0.1, 0.15) is 63.0 Å². The van der Waals surface area contributed by atoms with Crippen LogP contribution in [0.5, 0.6) is 0 Å². The average molecular weight is 484 g/mol. The SMILES string of the molecule is Cn1c([C@H]2C=C(C(=O)N3CCCCCCC3)O[C@@H](OCCCCO)C2)cc(=O)n1-c1ccccc1. The van der Waals surface area contributed by atoms with Crippen LogP contribution in [0.4, 0.5) is 0 Å². The molecular weight excluding hydrogens is 446 g/mol. The van der Waals surface area contributed by atoms with Crippen molar-refractivity contribution in [1.29, 1.82) is 0 Å². The lowest BCUT2D eigenvalue weighted by molar-refractivity contribution is -0.153. The number of carbonyl (C=O) groups is 1. The lowest BCUT2D eigenvalue weighted by Crippen LogP contribution is -2.38. The maximum Gasteiger partial charge on any atom is 0.288 e. The third-order valence-electron chi connectivity index (χ3n) is 6.80. The molecule has 8 heteroatoms. The van der Waals surface area contributed by atoms with Gasteiger partial charge in [0.2, 0.25) is 6.29 Å². The van der Waals surface area contributed by atoms with Gasteiger partial charge in [0.15, 0.2) is 5.76 Å². The lowest BCUT2D eigenvalue weighted by atomic mass is 9.97. The molecule has 1 saturated heterocycles. The van der Waals surface area contributed by atoms with E-state index in [1.807, 2.05) is 53.0 Å². The van der Waals surface area contributed by atoms with Crippen LogP contribution in [-0.2, 0) is 21.3 Å². The molecule has 190 valence electrons. The van der Waals surface area contributed by atoms with Gasteiger partial charge < -0.3 is 19.5 Å². The van der Waals surface area contributed by atoms with Crippen molar-refractivity contribution in [3.8, 4) is 5.69 Å². The molecule has 2 atom stereocenters. The second-order valence-corrected chi connectivity index (χ2v) is 9.36. The standard InChI is InChI=1S/C27H37N3O5/c1-28-23(20-25(32)30(28)22-12-6-5-7-13-22)21-18-24(35-26(19-21)34-17-11-10-16-31)27(33)29-14-8-3-2-4-9-15-29/h5-7,12-13,18,20-21,26,31H,2-4,8-11,14-17,19H2,1H3/t21-,26+/m0/s1. The van der Waals surface area contributed by atoms with Gasteiger partial charge in [0, 0.05) is 50.8 Å². The monoisotopic (exact) mass is 483 g/mol. The molecule has 0 radical (unpaired) electrons. The van der Waals surface area contributed by atoms with Crippen LogP contribution >= 0.6 is 0 Å². The van der Waals surface area contributed by atoms with Crippen molar-refractivity contribution in [1.82, 2.24) is 14.3 Å². The number of hydrogen-bond donors (Lipinski definition) is 1. The summed E-state index contributed by atoms with van der Waals surface area (Å²) in [6, 6.07) is 11.2. The van der Waals surface area contributed by atoms with E-state index in [-0.39, 0.29) is 24.0 Å². The number of aromatic nitrogens is 2. The summed E-state index contributed by atoms with van der Waals surface area (Å²) in [5.41, 5.74) is 1.48. The highest BCUT2D eigenvalue weighted by atomic mass is 16.7. The number of aliphatic hydroxyl groups excluding tert-OH is 1. The van der Waals surface area contributed by atoms with Crippen molar-refractivity contribution in [3.63, 3.8) is 0 Å². The van der Waals surface area contributed by atoms with Crippen LogP contribution in [0.3, 0.4) is 0 Å². The first-order valence-electron chi connectivity index (χ1n) is 12.8. The Morgan fingerprint density at radius 2 is 1.80 bits per heavy atom. The molecule has 1 aromatic carbocycles. The third-order valence-corrected chi connectivity index (χ3v) is 6.80. The molecule has 8 nitrogen and oxygen atoms in total. The minimum absolute atomic E-state index is 0.104. The Bertz CT molecular complexity index is 1050. The maximum atomic E-state index is 13.5. The van der Waals surface area contributed by atoms with Crippen LogP contribution < -0.4 is 5.56 Å². The predicted octanol–water partition coefficient (Wildman–Crippen LogP) is 3.47. The number of likely N-dealkylation sites (tertiary alicyclic amines) is 1. The first-order valence-corrected chi connectivity index (χ1v) is 12.8. The van der Waals surface area contributed by atoms with Crippen molar-refractivity contribution in [2.75, 3.05) is 26.3 Å². The smallest absolute Gasteiger partial charge is 0.288 e. The maximum absolute atomic E-state index is 13.5. The van der Waals surface area contributed by atoms with Gasteiger partial charge in [-0.2, -0.15) is 0 Å². The number of carbonyl (C=O) groups excluding carboxylic acids is 1. The van der Waals surface area contributed by atoms with Gasteiger partial charge in [0.05, 0.1) is 12.3 Å². The summed E-state index contributed by atoms with van der Waals surface area (Å²) in [5, 5.41) is 9.07. The van der Waals surface area contributed by atoms with Crippen molar-refractivity contribution >= 4 is 5.91 Å². The van der Waals surface area contributed by atoms with E-state index >= 15 is 0 Å². The molecule has 3 heterocycles. The Morgan fingerprint density at radius 3 is 2.51 bits per heavy atom. The Labute approximate surface area is 206 Å². The largest absolute Gasteiger partial charge is 0.459 e. The fourth-order valence-corrected chi connectivity index (χ4v) is 4.91. The van der Waals surface area contributed by atoms with E-state index in [1.54, 1.807) is 10.7 Å². The van der Waals surface area contributed by atoms with Gasteiger partial charge in [-0.25, -0.2) is 4.68 Å². The molecule has 1 amide bonds. The zero-order chi connectivity index (χ0) is 24.6. The Morgan fingerprint density at radius 1 is 1.09 bits per heavy atom. The van der Waals surface area contributed by atoms with Crippen molar-refractivity contribution in [3.05, 3.63) is 64.3 Å². The van der Waals surface area contributed by atoms with E-state index in [1.165, 1.54) is 6.42 Å². The molecule has 0 bridgehead atoms. The summed E-state index contributed by atoms with van der Waals surface area (Å²) in [6.07, 6.45) is 8.63.